The van der Waals surface area contributed by atoms with Gasteiger partial charge in [-0.3, -0.25) is 14.4 Å². The Kier molecular flexibility index (Phi) is 4.48. The van der Waals surface area contributed by atoms with E-state index in [-0.39, 0.29) is 5.91 Å². The molecule has 0 bridgehead atoms. The normalized spacial score (nSPS) is 18.9. The van der Waals surface area contributed by atoms with Crippen molar-refractivity contribution in [1.82, 2.24) is 10.2 Å². The molecule has 0 aromatic rings. The maximum absolute atomic E-state index is 11.9. The van der Waals surface area contributed by atoms with Crippen LogP contribution in [0.3, 0.4) is 0 Å². The molecule has 6 heteroatoms. The first-order chi connectivity index (χ1) is 7.97. The molecule has 17 heavy (non-hydrogen) atoms. The van der Waals surface area contributed by atoms with Crippen molar-refractivity contribution < 1.29 is 19.5 Å². The molecule has 1 saturated heterocycles. The lowest BCUT2D eigenvalue weighted by atomic mass is 10.1. The largest absolute Gasteiger partial charge is 0.480 e. The van der Waals surface area contributed by atoms with E-state index in [4.69, 9.17) is 5.11 Å². The van der Waals surface area contributed by atoms with E-state index in [1.165, 1.54) is 11.8 Å². The fourth-order valence-electron chi connectivity index (χ4n) is 1.92. The summed E-state index contributed by atoms with van der Waals surface area (Å²) < 4.78 is 0. The first-order valence-corrected chi connectivity index (χ1v) is 5.80. The van der Waals surface area contributed by atoms with Gasteiger partial charge >= 0.3 is 5.97 Å². The number of aliphatic carboxylic acids is 1. The van der Waals surface area contributed by atoms with Crippen LogP contribution in [0.5, 0.6) is 0 Å². The fraction of sp³-hybridized carbons (Fsp3) is 0.727. The van der Waals surface area contributed by atoms with E-state index in [1.807, 2.05) is 0 Å². The molecule has 2 amide bonds. The van der Waals surface area contributed by atoms with Gasteiger partial charge in [-0.1, -0.05) is 6.92 Å². The van der Waals surface area contributed by atoms with Crippen LogP contribution in [-0.2, 0) is 14.4 Å². The second-order valence-corrected chi connectivity index (χ2v) is 4.18. The summed E-state index contributed by atoms with van der Waals surface area (Å²) in [6.07, 6.45) is 1.72. The molecule has 0 aromatic heterocycles. The van der Waals surface area contributed by atoms with Crippen molar-refractivity contribution in [3.05, 3.63) is 0 Å². The Labute approximate surface area is 100.0 Å². The Bertz CT molecular complexity index is 329. The number of likely N-dealkylation sites (tertiary alicyclic amines) is 1. The van der Waals surface area contributed by atoms with Crippen molar-refractivity contribution in [2.75, 3.05) is 6.54 Å². The first-order valence-electron chi connectivity index (χ1n) is 5.80. The Balaban J connectivity index is 2.64. The van der Waals surface area contributed by atoms with Crippen LogP contribution in [0.1, 0.15) is 33.1 Å². The standard InChI is InChI=1S/C11H18N2O4/c1-3-8(13-6-4-5-9(13)14)10(15)12-7(2)11(16)17/h7-8H,3-6H2,1-2H3,(H,12,15)(H,16,17)/t7-,8?/m1/s1. The van der Waals surface area contributed by atoms with E-state index in [1.54, 1.807) is 6.92 Å². The van der Waals surface area contributed by atoms with Crippen LogP contribution in [0.2, 0.25) is 0 Å². The predicted octanol–water partition coefficient (Wildman–Crippen LogP) is -0.0233. The van der Waals surface area contributed by atoms with Crippen molar-refractivity contribution in [1.29, 1.82) is 0 Å². The number of nitrogens with one attached hydrogen (secondary N) is 1. The van der Waals surface area contributed by atoms with Gasteiger partial charge < -0.3 is 15.3 Å². The van der Waals surface area contributed by atoms with Crippen LogP contribution in [-0.4, -0.2) is 46.4 Å². The minimum atomic E-state index is -1.08. The molecule has 1 unspecified atom stereocenters. The van der Waals surface area contributed by atoms with Crippen molar-refractivity contribution in [2.45, 2.75) is 45.2 Å². The van der Waals surface area contributed by atoms with Gasteiger partial charge in [-0.25, -0.2) is 0 Å². The fourth-order valence-corrected chi connectivity index (χ4v) is 1.92. The van der Waals surface area contributed by atoms with E-state index in [0.29, 0.717) is 19.4 Å². The minimum absolute atomic E-state index is 0.0324. The van der Waals surface area contributed by atoms with Gasteiger partial charge in [-0.15, -0.1) is 0 Å². The number of nitrogens with zero attached hydrogens (tertiary/aromatic N) is 1. The van der Waals surface area contributed by atoms with E-state index in [0.717, 1.165) is 6.42 Å². The number of carboxylic acid groups (broad SMARTS) is 1. The van der Waals surface area contributed by atoms with E-state index in [2.05, 4.69) is 5.32 Å². The Morgan fingerprint density at radius 2 is 2.18 bits per heavy atom. The molecule has 0 aromatic carbocycles. The van der Waals surface area contributed by atoms with Gasteiger partial charge in [0, 0.05) is 13.0 Å². The molecular formula is C11H18N2O4. The lowest BCUT2D eigenvalue weighted by molar-refractivity contribution is -0.143. The van der Waals surface area contributed by atoms with Gasteiger partial charge in [0.15, 0.2) is 0 Å². The van der Waals surface area contributed by atoms with Crippen molar-refractivity contribution in [2.24, 2.45) is 0 Å². The van der Waals surface area contributed by atoms with Gasteiger partial charge in [-0.05, 0) is 19.8 Å². The summed E-state index contributed by atoms with van der Waals surface area (Å²) in [5, 5.41) is 11.1. The summed E-state index contributed by atoms with van der Waals surface area (Å²) in [5.41, 5.74) is 0. The third-order valence-electron chi connectivity index (χ3n) is 2.90. The monoisotopic (exact) mass is 242 g/mol. The minimum Gasteiger partial charge on any atom is -0.480 e. The molecule has 96 valence electrons. The second kappa shape index (κ2) is 5.65. The van der Waals surface area contributed by atoms with Crippen LogP contribution in [0, 0.1) is 0 Å². The highest BCUT2D eigenvalue weighted by Gasteiger charge is 2.32. The number of carboxylic acids is 1. The zero-order valence-electron chi connectivity index (χ0n) is 10.1. The van der Waals surface area contributed by atoms with Crippen LogP contribution in [0.4, 0.5) is 0 Å². The van der Waals surface area contributed by atoms with E-state index >= 15 is 0 Å². The van der Waals surface area contributed by atoms with Crippen LogP contribution in [0.15, 0.2) is 0 Å². The molecule has 1 heterocycles. The van der Waals surface area contributed by atoms with Crippen LogP contribution < -0.4 is 5.32 Å². The number of carbonyl (C=O) groups is 3. The molecule has 0 spiro atoms. The maximum atomic E-state index is 11.9. The summed E-state index contributed by atoms with van der Waals surface area (Å²) in [7, 11) is 0. The van der Waals surface area contributed by atoms with Crippen molar-refractivity contribution in [3.63, 3.8) is 0 Å². The molecule has 1 aliphatic rings. The average Bonchev–Trinajstić information content (AvgIpc) is 2.66. The van der Waals surface area contributed by atoms with E-state index in [9.17, 15) is 14.4 Å². The van der Waals surface area contributed by atoms with E-state index < -0.39 is 24.0 Å². The topological polar surface area (TPSA) is 86.7 Å². The number of rotatable bonds is 5. The Hall–Kier alpha value is -1.59. The summed E-state index contributed by atoms with van der Waals surface area (Å²) >= 11 is 0. The third-order valence-corrected chi connectivity index (χ3v) is 2.90. The summed E-state index contributed by atoms with van der Waals surface area (Å²) in [6, 6.07) is -1.49. The number of amides is 2. The highest BCUT2D eigenvalue weighted by molar-refractivity contribution is 5.90. The quantitative estimate of drug-likeness (QED) is 0.709. The van der Waals surface area contributed by atoms with Crippen LogP contribution >= 0.6 is 0 Å². The molecule has 0 saturated carbocycles. The van der Waals surface area contributed by atoms with Gasteiger partial charge in [0.1, 0.15) is 12.1 Å². The second-order valence-electron chi connectivity index (χ2n) is 4.18. The lowest BCUT2D eigenvalue weighted by Crippen LogP contribution is -2.50. The molecule has 2 N–H and O–H groups in total. The SMILES string of the molecule is CCC(C(=O)N[C@H](C)C(=O)O)N1CCCC1=O. The maximum Gasteiger partial charge on any atom is 0.325 e. The third kappa shape index (κ3) is 3.18. The zero-order chi connectivity index (χ0) is 13.0. The van der Waals surface area contributed by atoms with Gasteiger partial charge in [0.2, 0.25) is 11.8 Å². The molecule has 1 aliphatic heterocycles. The summed E-state index contributed by atoms with van der Waals surface area (Å²) in [6.45, 7) is 3.78. The molecule has 2 atom stereocenters. The van der Waals surface area contributed by atoms with Gasteiger partial charge in [-0.2, -0.15) is 0 Å². The highest BCUT2D eigenvalue weighted by Crippen LogP contribution is 2.15. The molecular weight excluding hydrogens is 224 g/mol. The number of carbonyl (C=O) groups excluding carboxylic acids is 2. The lowest BCUT2D eigenvalue weighted by Gasteiger charge is -2.26. The van der Waals surface area contributed by atoms with Gasteiger partial charge in [0.25, 0.3) is 0 Å². The van der Waals surface area contributed by atoms with Crippen molar-refractivity contribution in [3.8, 4) is 0 Å². The predicted molar refractivity (Wildman–Crippen MR) is 60.3 cm³/mol. The Morgan fingerprint density at radius 3 is 2.59 bits per heavy atom. The first kappa shape index (κ1) is 13.5. The number of hydrogen-bond donors (Lipinski definition) is 2. The van der Waals surface area contributed by atoms with Gasteiger partial charge in [0.05, 0.1) is 0 Å². The average molecular weight is 242 g/mol. The van der Waals surface area contributed by atoms with Crippen molar-refractivity contribution >= 4 is 17.8 Å². The smallest absolute Gasteiger partial charge is 0.325 e. The zero-order valence-corrected chi connectivity index (χ0v) is 10.1. The molecule has 0 radical (unpaired) electrons. The summed E-state index contributed by atoms with van der Waals surface area (Å²) in [5.74, 6) is -1.51. The number of hydrogen-bond acceptors (Lipinski definition) is 3. The molecule has 1 fully saturated rings. The summed E-state index contributed by atoms with van der Waals surface area (Å²) in [4.78, 5) is 35.5. The Morgan fingerprint density at radius 1 is 1.53 bits per heavy atom. The highest BCUT2D eigenvalue weighted by atomic mass is 16.4. The molecule has 6 nitrogen and oxygen atoms in total. The van der Waals surface area contributed by atoms with Crippen LogP contribution in [0.25, 0.3) is 0 Å². The molecule has 0 aliphatic carbocycles. The molecule has 1 rings (SSSR count).